The Morgan fingerprint density at radius 2 is 1.71 bits per heavy atom. The summed E-state index contributed by atoms with van der Waals surface area (Å²) in [5, 5.41) is 1.36. The predicted molar refractivity (Wildman–Crippen MR) is 91.4 cm³/mol. The summed E-state index contributed by atoms with van der Waals surface area (Å²) in [4.78, 5) is 0.0586. The van der Waals surface area contributed by atoms with Crippen LogP contribution in [0.4, 0.5) is 0 Å². The van der Waals surface area contributed by atoms with Crippen molar-refractivity contribution in [1.29, 1.82) is 0 Å². The van der Waals surface area contributed by atoms with Crippen molar-refractivity contribution >= 4 is 39.1 Å². The van der Waals surface area contributed by atoms with Gasteiger partial charge in [0.1, 0.15) is 0 Å². The first kappa shape index (κ1) is 16.5. The fourth-order valence-electron chi connectivity index (χ4n) is 2.09. The Morgan fingerprint density at radius 3 is 2.33 bits per heavy atom. The van der Waals surface area contributed by atoms with E-state index in [0.717, 1.165) is 22.6 Å². The van der Waals surface area contributed by atoms with Gasteiger partial charge in [-0.25, -0.2) is 0 Å². The molecule has 1 atom stereocenters. The summed E-state index contributed by atoms with van der Waals surface area (Å²) in [6, 6.07) is 11.4. The highest BCUT2D eigenvalue weighted by molar-refractivity contribution is 9.09. The molecule has 0 spiro atoms. The Kier molecular flexibility index (Phi) is 5.80. The van der Waals surface area contributed by atoms with Crippen LogP contribution < -0.4 is 9.47 Å². The minimum atomic E-state index is 0.0586. The van der Waals surface area contributed by atoms with E-state index in [0.29, 0.717) is 16.5 Å². The maximum Gasteiger partial charge on any atom is 0.162 e. The van der Waals surface area contributed by atoms with Crippen LogP contribution in [-0.2, 0) is 6.42 Å². The summed E-state index contributed by atoms with van der Waals surface area (Å²) in [5.41, 5.74) is 2.09. The maximum absolute atomic E-state index is 6.34. The fourth-order valence-corrected chi connectivity index (χ4v) is 3.47. The number of benzene rings is 2. The first-order valence-corrected chi connectivity index (χ1v) is 8.02. The molecular weight excluding hydrogens is 375 g/mol. The highest BCUT2D eigenvalue weighted by Crippen LogP contribution is 2.39. The van der Waals surface area contributed by atoms with Crippen LogP contribution in [0.1, 0.15) is 16.0 Å². The molecule has 0 radical (unpaired) electrons. The number of hydrogen-bond donors (Lipinski definition) is 0. The van der Waals surface area contributed by atoms with Crippen LogP contribution in [0.25, 0.3) is 0 Å². The molecule has 2 rings (SSSR count). The Labute approximate surface area is 143 Å². The van der Waals surface area contributed by atoms with E-state index >= 15 is 0 Å². The number of halogens is 3. The van der Waals surface area contributed by atoms with Crippen molar-refractivity contribution in [2.75, 3.05) is 14.2 Å². The van der Waals surface area contributed by atoms with Crippen molar-refractivity contribution in [1.82, 2.24) is 0 Å². The highest BCUT2D eigenvalue weighted by Gasteiger charge is 2.17. The molecule has 0 saturated heterocycles. The van der Waals surface area contributed by atoms with E-state index in [-0.39, 0.29) is 4.83 Å². The largest absolute Gasteiger partial charge is 0.493 e. The van der Waals surface area contributed by atoms with Gasteiger partial charge in [0.25, 0.3) is 0 Å². The second kappa shape index (κ2) is 7.39. The zero-order valence-corrected chi connectivity index (χ0v) is 14.8. The molecule has 0 heterocycles. The van der Waals surface area contributed by atoms with Crippen LogP contribution in [0.15, 0.2) is 36.4 Å². The van der Waals surface area contributed by atoms with Gasteiger partial charge in [0.15, 0.2) is 11.5 Å². The second-order valence-corrected chi connectivity index (χ2v) is 6.48. The lowest BCUT2D eigenvalue weighted by molar-refractivity contribution is 0.354. The highest BCUT2D eigenvalue weighted by atomic mass is 79.9. The van der Waals surface area contributed by atoms with E-state index in [9.17, 15) is 0 Å². The molecule has 0 bridgehead atoms. The normalized spacial score (nSPS) is 12.0. The van der Waals surface area contributed by atoms with E-state index in [1.165, 1.54) is 0 Å². The van der Waals surface area contributed by atoms with Crippen LogP contribution in [0.5, 0.6) is 11.5 Å². The summed E-state index contributed by atoms with van der Waals surface area (Å²) in [6.07, 6.45) is 0.774. The van der Waals surface area contributed by atoms with Crippen molar-refractivity contribution < 1.29 is 9.47 Å². The topological polar surface area (TPSA) is 18.5 Å². The quantitative estimate of drug-likeness (QED) is 0.611. The molecule has 0 amide bonds. The van der Waals surface area contributed by atoms with Crippen LogP contribution in [0.2, 0.25) is 10.0 Å². The molecule has 2 aromatic rings. The molecule has 0 N–H and O–H groups in total. The van der Waals surface area contributed by atoms with Crippen LogP contribution in [0, 0.1) is 0 Å². The van der Waals surface area contributed by atoms with Gasteiger partial charge in [-0.3, -0.25) is 0 Å². The third-order valence-electron chi connectivity index (χ3n) is 3.14. The van der Waals surface area contributed by atoms with Crippen molar-refractivity contribution in [3.63, 3.8) is 0 Å². The standard InChI is InChI=1S/C16H15BrCl2O2/c1-20-15-8-12(14(19)9-16(15)21-2)13(17)7-10-4-3-5-11(18)6-10/h3-6,8-9,13H,7H2,1-2H3. The van der Waals surface area contributed by atoms with Gasteiger partial charge < -0.3 is 9.47 Å². The Hall–Kier alpha value is -0.900. The molecule has 2 aromatic carbocycles. The second-order valence-electron chi connectivity index (χ2n) is 4.53. The summed E-state index contributed by atoms with van der Waals surface area (Å²) in [6.45, 7) is 0. The Balaban J connectivity index is 2.28. The van der Waals surface area contributed by atoms with E-state index in [1.807, 2.05) is 30.3 Å². The van der Waals surface area contributed by atoms with Gasteiger partial charge in [-0.2, -0.15) is 0 Å². The van der Waals surface area contributed by atoms with Crippen molar-refractivity contribution in [3.8, 4) is 11.5 Å². The van der Waals surface area contributed by atoms with E-state index < -0.39 is 0 Å². The van der Waals surface area contributed by atoms with Crippen LogP contribution in [-0.4, -0.2) is 14.2 Å². The first-order chi connectivity index (χ1) is 10.0. The summed E-state index contributed by atoms with van der Waals surface area (Å²) in [7, 11) is 3.20. The van der Waals surface area contributed by atoms with Crippen molar-refractivity contribution in [2.45, 2.75) is 11.2 Å². The molecule has 0 fully saturated rings. The zero-order valence-electron chi connectivity index (χ0n) is 11.7. The minimum absolute atomic E-state index is 0.0586. The summed E-state index contributed by atoms with van der Waals surface area (Å²) in [5.74, 6) is 1.28. The molecule has 0 saturated carbocycles. The van der Waals surface area contributed by atoms with Crippen LogP contribution in [0.3, 0.4) is 0 Å². The van der Waals surface area contributed by atoms with Gasteiger partial charge in [-0.05, 0) is 35.7 Å². The van der Waals surface area contributed by atoms with E-state index in [4.69, 9.17) is 32.7 Å². The molecule has 5 heteroatoms. The molecule has 0 aliphatic carbocycles. The predicted octanol–water partition coefficient (Wildman–Crippen LogP) is 5.69. The maximum atomic E-state index is 6.34. The van der Waals surface area contributed by atoms with Crippen molar-refractivity contribution in [2.24, 2.45) is 0 Å². The third-order valence-corrected chi connectivity index (χ3v) is 4.52. The monoisotopic (exact) mass is 388 g/mol. The Bertz CT molecular complexity index is 632. The molecule has 0 aliphatic heterocycles. The number of hydrogen-bond acceptors (Lipinski definition) is 2. The SMILES string of the molecule is COc1cc(Cl)c(C(Br)Cc2cccc(Cl)c2)cc1OC. The zero-order chi connectivity index (χ0) is 15.4. The lowest BCUT2D eigenvalue weighted by atomic mass is 10.0. The molecule has 1 unspecified atom stereocenters. The molecule has 0 aliphatic rings. The van der Waals surface area contributed by atoms with Gasteiger partial charge in [0, 0.05) is 20.9 Å². The lowest BCUT2D eigenvalue weighted by Gasteiger charge is -2.16. The lowest BCUT2D eigenvalue weighted by Crippen LogP contribution is -1.99. The van der Waals surface area contributed by atoms with E-state index in [2.05, 4.69) is 15.9 Å². The summed E-state index contributed by atoms with van der Waals surface area (Å²) < 4.78 is 10.6. The molecule has 0 aromatic heterocycles. The van der Waals surface area contributed by atoms with Crippen molar-refractivity contribution in [3.05, 3.63) is 57.6 Å². The van der Waals surface area contributed by atoms with Gasteiger partial charge in [-0.1, -0.05) is 51.3 Å². The molecular formula is C16H15BrCl2O2. The fraction of sp³-hybridized carbons (Fsp3) is 0.250. The molecule has 112 valence electrons. The summed E-state index contributed by atoms with van der Waals surface area (Å²) >= 11 is 16.0. The number of alkyl halides is 1. The average molecular weight is 390 g/mol. The van der Waals surface area contributed by atoms with Gasteiger partial charge in [0.2, 0.25) is 0 Å². The number of rotatable bonds is 5. The first-order valence-electron chi connectivity index (χ1n) is 6.35. The van der Waals surface area contributed by atoms with Gasteiger partial charge in [0.05, 0.1) is 14.2 Å². The Morgan fingerprint density at radius 1 is 1.05 bits per heavy atom. The molecule has 21 heavy (non-hydrogen) atoms. The van der Waals surface area contributed by atoms with E-state index in [1.54, 1.807) is 20.3 Å². The minimum Gasteiger partial charge on any atom is -0.493 e. The molecule has 2 nitrogen and oxygen atoms in total. The average Bonchev–Trinajstić information content (AvgIpc) is 2.46. The van der Waals surface area contributed by atoms with Gasteiger partial charge >= 0.3 is 0 Å². The van der Waals surface area contributed by atoms with Gasteiger partial charge in [-0.15, -0.1) is 0 Å². The van der Waals surface area contributed by atoms with Crippen LogP contribution >= 0.6 is 39.1 Å². The smallest absolute Gasteiger partial charge is 0.162 e. The number of methoxy groups -OCH3 is 2. The number of ether oxygens (including phenoxy) is 2. The third kappa shape index (κ3) is 4.06.